The Morgan fingerprint density at radius 2 is 1.96 bits per heavy atom. The highest BCUT2D eigenvalue weighted by Gasteiger charge is 2.28. The Morgan fingerprint density at radius 1 is 1.17 bits per heavy atom. The highest BCUT2D eigenvalue weighted by molar-refractivity contribution is 6.99. The molecule has 3 heterocycles. The van der Waals surface area contributed by atoms with E-state index < -0.39 is 0 Å². The zero-order valence-corrected chi connectivity index (χ0v) is 13.9. The average molecular weight is 339 g/mol. The van der Waals surface area contributed by atoms with Crippen LogP contribution in [0.25, 0.3) is 11.1 Å². The predicted molar refractivity (Wildman–Crippen MR) is 91.8 cm³/mol. The first-order chi connectivity index (χ1) is 11.8. The maximum atomic E-state index is 12.4. The molecule has 122 valence electrons. The second kappa shape index (κ2) is 6.52. The van der Waals surface area contributed by atoms with E-state index in [4.69, 9.17) is 0 Å². The van der Waals surface area contributed by atoms with Gasteiger partial charge in [0.1, 0.15) is 0 Å². The molecule has 1 fully saturated rings. The summed E-state index contributed by atoms with van der Waals surface area (Å²) in [5.41, 5.74) is 3.95. The molecule has 0 saturated carbocycles. The first-order valence-electron chi connectivity index (χ1n) is 7.98. The molecule has 1 saturated heterocycles. The van der Waals surface area contributed by atoms with Crippen LogP contribution in [0.3, 0.4) is 0 Å². The standard InChI is InChI=1S/C17H17N5OS/c23-17(15-11-19-24-21-15)22-8-6-13(7-9-22)16-14(10-18-20-16)12-4-2-1-3-5-12/h1-5,10-11,13H,6-9H2,(H,18,20). The van der Waals surface area contributed by atoms with Crippen LogP contribution in [0.15, 0.2) is 42.7 Å². The summed E-state index contributed by atoms with van der Waals surface area (Å²) < 4.78 is 7.95. The number of hydrogen-bond acceptors (Lipinski definition) is 5. The number of nitrogens with one attached hydrogen (secondary N) is 1. The first-order valence-corrected chi connectivity index (χ1v) is 8.71. The smallest absolute Gasteiger partial charge is 0.275 e. The molecule has 1 aliphatic rings. The van der Waals surface area contributed by atoms with Crippen LogP contribution in [0, 0.1) is 0 Å². The SMILES string of the molecule is O=C(c1cnsn1)N1CCC(c2[nH]ncc2-c2ccccc2)CC1. The fraction of sp³-hybridized carbons (Fsp3) is 0.294. The Labute approximate surface area is 143 Å². The number of piperidine rings is 1. The first kappa shape index (κ1) is 15.0. The van der Waals surface area contributed by atoms with E-state index in [9.17, 15) is 4.79 Å². The Balaban J connectivity index is 1.47. The molecular weight excluding hydrogens is 322 g/mol. The van der Waals surface area contributed by atoms with Crippen LogP contribution < -0.4 is 0 Å². The van der Waals surface area contributed by atoms with Gasteiger partial charge in [-0.25, -0.2) is 0 Å². The van der Waals surface area contributed by atoms with Gasteiger partial charge in [-0.1, -0.05) is 30.3 Å². The number of likely N-dealkylation sites (tertiary alicyclic amines) is 1. The van der Waals surface area contributed by atoms with Gasteiger partial charge in [-0.15, -0.1) is 0 Å². The van der Waals surface area contributed by atoms with Gasteiger partial charge in [-0.2, -0.15) is 13.8 Å². The normalized spacial score (nSPS) is 15.6. The molecule has 4 rings (SSSR count). The molecule has 2 aromatic heterocycles. The van der Waals surface area contributed by atoms with Crippen LogP contribution in [0.4, 0.5) is 0 Å². The van der Waals surface area contributed by atoms with Crippen molar-refractivity contribution in [2.75, 3.05) is 13.1 Å². The molecule has 0 unspecified atom stereocenters. The number of benzene rings is 1. The van der Waals surface area contributed by atoms with Crippen LogP contribution in [0.2, 0.25) is 0 Å². The summed E-state index contributed by atoms with van der Waals surface area (Å²) in [6.07, 6.45) is 5.28. The van der Waals surface area contributed by atoms with Gasteiger partial charge in [0.15, 0.2) is 5.69 Å². The van der Waals surface area contributed by atoms with Gasteiger partial charge in [0.2, 0.25) is 0 Å². The minimum Gasteiger partial charge on any atom is -0.337 e. The number of aromatic amines is 1. The molecule has 6 nitrogen and oxygen atoms in total. The van der Waals surface area contributed by atoms with Crippen molar-refractivity contribution in [3.05, 3.63) is 54.1 Å². The van der Waals surface area contributed by atoms with Crippen LogP contribution >= 0.6 is 11.7 Å². The van der Waals surface area contributed by atoms with E-state index in [0.29, 0.717) is 11.6 Å². The Kier molecular flexibility index (Phi) is 4.08. The minimum absolute atomic E-state index is 0.0184. The summed E-state index contributed by atoms with van der Waals surface area (Å²) in [5, 5.41) is 7.42. The number of rotatable bonds is 3. The Hall–Kier alpha value is -2.54. The Morgan fingerprint density at radius 3 is 2.67 bits per heavy atom. The molecule has 7 heteroatoms. The van der Waals surface area contributed by atoms with E-state index in [1.54, 1.807) is 6.20 Å². The van der Waals surface area contributed by atoms with Crippen molar-refractivity contribution in [2.45, 2.75) is 18.8 Å². The zero-order chi connectivity index (χ0) is 16.4. The van der Waals surface area contributed by atoms with Gasteiger partial charge >= 0.3 is 0 Å². The van der Waals surface area contributed by atoms with Gasteiger partial charge in [0.05, 0.1) is 24.1 Å². The summed E-state index contributed by atoms with van der Waals surface area (Å²) in [4.78, 5) is 14.2. The molecule has 1 aromatic carbocycles. The highest BCUT2D eigenvalue weighted by atomic mass is 32.1. The van der Waals surface area contributed by atoms with Crippen LogP contribution in [-0.2, 0) is 0 Å². The molecule has 0 aliphatic carbocycles. The van der Waals surface area contributed by atoms with E-state index >= 15 is 0 Å². The third kappa shape index (κ3) is 2.82. The summed E-state index contributed by atoms with van der Waals surface area (Å²) >= 11 is 1.07. The number of amides is 1. The molecule has 0 bridgehead atoms. The van der Waals surface area contributed by atoms with E-state index in [2.05, 4.69) is 31.1 Å². The van der Waals surface area contributed by atoms with E-state index in [1.165, 1.54) is 11.3 Å². The lowest BCUT2D eigenvalue weighted by atomic mass is 9.89. The van der Waals surface area contributed by atoms with Crippen molar-refractivity contribution < 1.29 is 4.79 Å². The number of hydrogen-bond donors (Lipinski definition) is 1. The minimum atomic E-state index is -0.0184. The van der Waals surface area contributed by atoms with Crippen molar-refractivity contribution in [3.8, 4) is 11.1 Å². The van der Waals surface area contributed by atoms with Crippen LogP contribution in [-0.4, -0.2) is 42.8 Å². The molecule has 0 atom stereocenters. The number of carbonyl (C=O) groups is 1. The molecule has 1 aliphatic heterocycles. The highest BCUT2D eigenvalue weighted by Crippen LogP contribution is 2.33. The lowest BCUT2D eigenvalue weighted by Gasteiger charge is -2.31. The monoisotopic (exact) mass is 339 g/mol. The molecular formula is C17H17N5OS. The summed E-state index contributed by atoms with van der Waals surface area (Å²) in [5.74, 6) is 0.371. The number of aromatic nitrogens is 4. The molecule has 1 N–H and O–H groups in total. The third-order valence-electron chi connectivity index (χ3n) is 4.52. The number of H-pyrrole nitrogens is 1. The lowest BCUT2D eigenvalue weighted by Crippen LogP contribution is -2.38. The largest absolute Gasteiger partial charge is 0.337 e. The summed E-state index contributed by atoms with van der Waals surface area (Å²) in [6.45, 7) is 1.46. The fourth-order valence-electron chi connectivity index (χ4n) is 3.25. The zero-order valence-electron chi connectivity index (χ0n) is 13.1. The summed E-state index contributed by atoms with van der Waals surface area (Å²) in [7, 11) is 0. The van der Waals surface area contributed by atoms with Crippen molar-refractivity contribution in [3.63, 3.8) is 0 Å². The number of carbonyl (C=O) groups excluding carboxylic acids is 1. The van der Waals surface area contributed by atoms with Crippen molar-refractivity contribution in [1.82, 2.24) is 23.8 Å². The van der Waals surface area contributed by atoms with Gasteiger partial charge in [0, 0.05) is 30.3 Å². The average Bonchev–Trinajstić information content (AvgIpc) is 3.34. The molecule has 0 radical (unpaired) electrons. The van der Waals surface area contributed by atoms with Crippen LogP contribution in [0.1, 0.15) is 34.9 Å². The lowest BCUT2D eigenvalue weighted by molar-refractivity contribution is 0.0707. The van der Waals surface area contributed by atoms with Gasteiger partial charge in [0.25, 0.3) is 5.91 Å². The topological polar surface area (TPSA) is 74.8 Å². The van der Waals surface area contributed by atoms with Gasteiger partial charge < -0.3 is 4.90 Å². The van der Waals surface area contributed by atoms with Crippen LogP contribution in [0.5, 0.6) is 0 Å². The maximum Gasteiger partial charge on any atom is 0.275 e. The molecule has 0 spiro atoms. The third-order valence-corrected chi connectivity index (χ3v) is 5.00. The van der Waals surface area contributed by atoms with Gasteiger partial charge in [-0.05, 0) is 18.4 Å². The second-order valence-electron chi connectivity index (χ2n) is 5.92. The van der Waals surface area contributed by atoms with Crippen molar-refractivity contribution >= 4 is 17.6 Å². The number of nitrogens with zero attached hydrogens (tertiary/aromatic N) is 4. The van der Waals surface area contributed by atoms with E-state index in [0.717, 1.165) is 43.2 Å². The quantitative estimate of drug-likeness (QED) is 0.796. The fourth-order valence-corrected chi connectivity index (χ4v) is 3.65. The van der Waals surface area contributed by atoms with E-state index in [-0.39, 0.29) is 5.91 Å². The summed E-state index contributed by atoms with van der Waals surface area (Å²) in [6, 6.07) is 10.3. The molecule has 1 amide bonds. The molecule has 24 heavy (non-hydrogen) atoms. The van der Waals surface area contributed by atoms with Crippen molar-refractivity contribution in [2.24, 2.45) is 0 Å². The van der Waals surface area contributed by atoms with Gasteiger partial charge in [-0.3, -0.25) is 9.89 Å². The van der Waals surface area contributed by atoms with E-state index in [1.807, 2.05) is 29.3 Å². The maximum absolute atomic E-state index is 12.4. The Bertz CT molecular complexity index is 807. The predicted octanol–water partition coefficient (Wildman–Crippen LogP) is 2.95. The molecule has 3 aromatic rings. The second-order valence-corrected chi connectivity index (χ2v) is 6.48. The van der Waals surface area contributed by atoms with Crippen molar-refractivity contribution in [1.29, 1.82) is 0 Å².